The minimum Gasteiger partial charge on any atom is -0.454 e. The molecule has 8 heteroatoms. The van der Waals surface area contributed by atoms with Crippen LogP contribution in [0.15, 0.2) is 23.6 Å². The lowest BCUT2D eigenvalue weighted by molar-refractivity contribution is -0.119. The molecule has 1 aromatic carbocycles. The summed E-state index contributed by atoms with van der Waals surface area (Å²) in [6.45, 7) is 0.195. The van der Waals surface area contributed by atoms with Crippen LogP contribution in [0.2, 0.25) is 0 Å². The van der Waals surface area contributed by atoms with Crippen LogP contribution in [-0.4, -0.2) is 23.6 Å². The average molecular weight is 373 g/mol. The van der Waals surface area contributed by atoms with Gasteiger partial charge in [-0.2, -0.15) is 0 Å². The van der Waals surface area contributed by atoms with Gasteiger partial charge in [0.1, 0.15) is 0 Å². The van der Waals surface area contributed by atoms with Crippen LogP contribution in [0.3, 0.4) is 0 Å². The lowest BCUT2D eigenvalue weighted by Crippen LogP contribution is -2.20. The molecule has 1 fully saturated rings. The molecule has 0 radical (unpaired) electrons. The zero-order chi connectivity index (χ0) is 17.9. The highest BCUT2D eigenvalue weighted by Crippen LogP contribution is 2.34. The van der Waals surface area contributed by atoms with Crippen molar-refractivity contribution in [1.29, 1.82) is 0 Å². The number of hydrogen-bond acceptors (Lipinski definition) is 6. The highest BCUT2D eigenvalue weighted by atomic mass is 32.1. The third-order valence-electron chi connectivity index (χ3n) is 4.51. The van der Waals surface area contributed by atoms with E-state index in [1.807, 2.05) is 0 Å². The van der Waals surface area contributed by atoms with Crippen molar-refractivity contribution in [3.05, 3.63) is 29.3 Å². The number of amides is 2. The molecular formula is C18H19N3O4S. The lowest BCUT2D eigenvalue weighted by Gasteiger charge is -2.07. The van der Waals surface area contributed by atoms with E-state index < -0.39 is 0 Å². The number of carbonyl (C=O) groups is 2. The Morgan fingerprint density at radius 3 is 2.81 bits per heavy atom. The second-order valence-corrected chi connectivity index (χ2v) is 7.27. The molecule has 2 aliphatic rings. The van der Waals surface area contributed by atoms with Crippen LogP contribution in [0.1, 0.15) is 31.4 Å². The van der Waals surface area contributed by atoms with Crippen LogP contribution in [0.5, 0.6) is 11.5 Å². The number of anilines is 2. The molecular weight excluding hydrogens is 354 g/mol. The number of thiazole rings is 1. The van der Waals surface area contributed by atoms with Gasteiger partial charge in [0.15, 0.2) is 16.6 Å². The van der Waals surface area contributed by atoms with E-state index in [-0.39, 0.29) is 30.9 Å². The Morgan fingerprint density at radius 1 is 1.15 bits per heavy atom. The van der Waals surface area contributed by atoms with Gasteiger partial charge in [-0.1, -0.05) is 12.8 Å². The summed E-state index contributed by atoms with van der Waals surface area (Å²) in [7, 11) is 0. The van der Waals surface area contributed by atoms with Crippen LogP contribution in [-0.2, 0) is 16.0 Å². The van der Waals surface area contributed by atoms with Crippen LogP contribution < -0.4 is 20.1 Å². The molecule has 0 spiro atoms. The van der Waals surface area contributed by atoms with Crippen molar-refractivity contribution in [3.8, 4) is 11.5 Å². The Balaban J connectivity index is 1.32. The fourth-order valence-corrected chi connectivity index (χ4v) is 3.90. The number of nitrogens with zero attached hydrogens (tertiary/aromatic N) is 1. The Morgan fingerprint density at radius 2 is 1.96 bits per heavy atom. The monoisotopic (exact) mass is 373 g/mol. The molecule has 1 aliphatic carbocycles. The van der Waals surface area contributed by atoms with Crippen molar-refractivity contribution in [2.24, 2.45) is 5.92 Å². The van der Waals surface area contributed by atoms with Gasteiger partial charge in [0.05, 0.1) is 12.1 Å². The third-order valence-corrected chi connectivity index (χ3v) is 5.31. The summed E-state index contributed by atoms with van der Waals surface area (Å²) in [6, 6.07) is 5.26. The number of rotatable bonds is 5. The van der Waals surface area contributed by atoms with Gasteiger partial charge in [-0.3, -0.25) is 9.59 Å². The van der Waals surface area contributed by atoms with Gasteiger partial charge >= 0.3 is 0 Å². The zero-order valence-electron chi connectivity index (χ0n) is 14.1. The molecule has 136 valence electrons. The summed E-state index contributed by atoms with van der Waals surface area (Å²) in [5, 5.41) is 8.02. The van der Waals surface area contributed by atoms with Crippen LogP contribution in [0, 0.1) is 5.92 Å². The van der Waals surface area contributed by atoms with Gasteiger partial charge in [0.25, 0.3) is 0 Å². The quantitative estimate of drug-likeness (QED) is 0.840. The van der Waals surface area contributed by atoms with Gasteiger partial charge in [-0.15, -0.1) is 11.3 Å². The number of nitrogens with one attached hydrogen (secondary N) is 2. The van der Waals surface area contributed by atoms with Gasteiger partial charge in [0, 0.05) is 23.1 Å². The fourth-order valence-electron chi connectivity index (χ4n) is 3.19. The number of aromatic nitrogens is 1. The number of ether oxygens (including phenoxy) is 2. The van der Waals surface area contributed by atoms with E-state index in [0.717, 1.165) is 25.7 Å². The first-order valence-electron chi connectivity index (χ1n) is 8.62. The van der Waals surface area contributed by atoms with Gasteiger partial charge in [-0.25, -0.2) is 4.98 Å². The Bertz CT molecular complexity index is 830. The van der Waals surface area contributed by atoms with Crippen molar-refractivity contribution in [1.82, 2.24) is 4.98 Å². The van der Waals surface area contributed by atoms with Gasteiger partial charge < -0.3 is 20.1 Å². The van der Waals surface area contributed by atoms with E-state index in [1.54, 1.807) is 23.6 Å². The number of benzene rings is 1. The van der Waals surface area contributed by atoms with E-state index in [9.17, 15) is 9.59 Å². The number of hydrogen-bond donors (Lipinski definition) is 2. The SMILES string of the molecule is O=C(Cc1csc(NC(=O)C2CCCC2)n1)Nc1ccc2c(c1)OCO2. The Hall–Kier alpha value is -2.61. The molecule has 1 saturated carbocycles. The molecule has 1 aromatic heterocycles. The summed E-state index contributed by atoms with van der Waals surface area (Å²) in [5.41, 5.74) is 1.28. The standard InChI is InChI=1S/C18H19N3O4S/c22-16(19-12-5-6-14-15(7-12)25-10-24-14)8-13-9-26-18(20-13)21-17(23)11-3-1-2-4-11/h5-7,9,11H,1-4,8,10H2,(H,19,22)(H,20,21,23). The molecule has 2 aromatic rings. The molecule has 0 unspecified atom stereocenters. The first-order valence-corrected chi connectivity index (χ1v) is 9.50. The molecule has 1 aliphatic heterocycles. The summed E-state index contributed by atoms with van der Waals surface area (Å²) in [4.78, 5) is 28.7. The maximum atomic E-state index is 12.2. The van der Waals surface area contributed by atoms with Crippen molar-refractivity contribution < 1.29 is 19.1 Å². The maximum absolute atomic E-state index is 12.2. The molecule has 26 heavy (non-hydrogen) atoms. The Kier molecular flexibility index (Phi) is 4.75. The summed E-state index contributed by atoms with van der Waals surface area (Å²) in [6.07, 6.45) is 4.26. The topological polar surface area (TPSA) is 89.6 Å². The summed E-state index contributed by atoms with van der Waals surface area (Å²) < 4.78 is 10.5. The number of fused-ring (bicyclic) bond motifs is 1. The van der Waals surface area contributed by atoms with Gasteiger partial charge in [0.2, 0.25) is 18.6 Å². The van der Waals surface area contributed by atoms with Crippen molar-refractivity contribution in [2.45, 2.75) is 32.1 Å². The molecule has 0 bridgehead atoms. The van der Waals surface area contributed by atoms with E-state index in [4.69, 9.17) is 9.47 Å². The van der Waals surface area contributed by atoms with E-state index in [1.165, 1.54) is 11.3 Å². The minimum absolute atomic E-state index is 0.0354. The molecule has 0 atom stereocenters. The highest BCUT2D eigenvalue weighted by molar-refractivity contribution is 7.13. The summed E-state index contributed by atoms with van der Waals surface area (Å²) in [5.74, 6) is 1.24. The highest BCUT2D eigenvalue weighted by Gasteiger charge is 2.23. The second kappa shape index (κ2) is 7.33. The van der Waals surface area contributed by atoms with E-state index >= 15 is 0 Å². The molecule has 2 heterocycles. The van der Waals surface area contributed by atoms with Crippen LogP contribution >= 0.6 is 11.3 Å². The second-order valence-electron chi connectivity index (χ2n) is 6.41. The maximum Gasteiger partial charge on any atom is 0.231 e. The minimum atomic E-state index is -0.178. The molecule has 2 amide bonds. The van der Waals surface area contributed by atoms with E-state index in [2.05, 4.69) is 15.6 Å². The normalized spacial score (nSPS) is 15.8. The lowest BCUT2D eigenvalue weighted by atomic mass is 10.1. The average Bonchev–Trinajstić information content (AvgIpc) is 3.36. The van der Waals surface area contributed by atoms with Crippen molar-refractivity contribution in [3.63, 3.8) is 0 Å². The molecule has 7 nitrogen and oxygen atoms in total. The van der Waals surface area contributed by atoms with E-state index in [0.29, 0.717) is 28.0 Å². The van der Waals surface area contributed by atoms with Crippen LogP contribution in [0.25, 0.3) is 0 Å². The molecule has 4 rings (SSSR count). The number of carbonyl (C=O) groups excluding carboxylic acids is 2. The first kappa shape index (κ1) is 16.8. The van der Waals surface area contributed by atoms with Crippen molar-refractivity contribution >= 4 is 34.0 Å². The summed E-state index contributed by atoms with van der Waals surface area (Å²) >= 11 is 1.34. The third kappa shape index (κ3) is 3.80. The molecule has 2 N–H and O–H groups in total. The zero-order valence-corrected chi connectivity index (χ0v) is 14.9. The van der Waals surface area contributed by atoms with Gasteiger partial charge in [-0.05, 0) is 25.0 Å². The predicted octanol–water partition coefficient (Wildman–Crippen LogP) is 3.18. The Labute approximate surface area is 154 Å². The van der Waals surface area contributed by atoms with Crippen LogP contribution in [0.4, 0.5) is 10.8 Å². The smallest absolute Gasteiger partial charge is 0.231 e. The fraction of sp³-hybridized carbons (Fsp3) is 0.389. The predicted molar refractivity (Wildman–Crippen MR) is 97.6 cm³/mol. The largest absolute Gasteiger partial charge is 0.454 e. The first-order chi connectivity index (χ1) is 12.7. The van der Waals surface area contributed by atoms with Crippen molar-refractivity contribution in [2.75, 3.05) is 17.4 Å². The molecule has 0 saturated heterocycles.